The largest absolute Gasteiger partial charge is 0.573 e. The number of amides is 2. The third-order valence-electron chi connectivity index (χ3n) is 4.56. The van der Waals surface area contributed by atoms with Crippen molar-refractivity contribution in [2.45, 2.75) is 65.3 Å². The minimum atomic E-state index is -4.70. The average molecular weight is 468 g/mol. The maximum atomic E-state index is 12.3. The second-order valence-electron chi connectivity index (χ2n) is 7.73. The molecule has 0 aliphatic heterocycles. The van der Waals surface area contributed by atoms with Gasteiger partial charge >= 0.3 is 6.36 Å². The Balaban J connectivity index is 0.000000335. The number of ether oxygens (including phenoxy) is 1. The van der Waals surface area contributed by atoms with E-state index in [-0.39, 0.29) is 17.6 Å². The van der Waals surface area contributed by atoms with E-state index in [9.17, 15) is 22.8 Å². The summed E-state index contributed by atoms with van der Waals surface area (Å²) in [5.41, 5.74) is 7.89. The summed E-state index contributed by atoms with van der Waals surface area (Å²) < 4.78 is 38.9. The van der Waals surface area contributed by atoms with Crippen LogP contribution in [-0.4, -0.2) is 23.7 Å². The summed E-state index contributed by atoms with van der Waals surface area (Å²) in [6.45, 7) is 7.43. The number of anilines is 2. The van der Waals surface area contributed by atoms with E-state index >= 15 is 0 Å². The lowest BCUT2D eigenvalue weighted by Gasteiger charge is -2.27. The molecule has 0 fully saturated rings. The smallest absolute Gasteiger partial charge is 0.406 e. The number of halogens is 3. The SMILES string of the molecule is CC(=O)Nc1ccc(OC(F)(F)F)cc1.CCCC(N)(CCC)C(=O)Nc1ccc(C)cc1. The molecule has 2 amide bonds. The Labute approximate surface area is 192 Å². The number of carbonyl (C=O) groups excluding carboxylic acids is 2. The first-order valence-electron chi connectivity index (χ1n) is 10.7. The molecule has 0 aliphatic carbocycles. The van der Waals surface area contributed by atoms with Gasteiger partial charge in [-0.1, -0.05) is 44.4 Å². The molecule has 182 valence electrons. The lowest BCUT2D eigenvalue weighted by molar-refractivity contribution is -0.274. The second-order valence-corrected chi connectivity index (χ2v) is 7.73. The van der Waals surface area contributed by atoms with Crippen molar-refractivity contribution in [3.05, 3.63) is 54.1 Å². The molecule has 4 N–H and O–H groups in total. The molecule has 0 unspecified atom stereocenters. The lowest BCUT2D eigenvalue weighted by atomic mass is 9.89. The molecule has 0 aliphatic rings. The van der Waals surface area contributed by atoms with Crippen LogP contribution in [0.4, 0.5) is 24.5 Å². The van der Waals surface area contributed by atoms with Crippen molar-refractivity contribution in [3.63, 3.8) is 0 Å². The number of hydrogen-bond donors (Lipinski definition) is 3. The Bertz CT molecular complexity index is 877. The lowest BCUT2D eigenvalue weighted by Crippen LogP contribution is -2.51. The van der Waals surface area contributed by atoms with Crippen LogP contribution in [0.5, 0.6) is 5.75 Å². The standard InChI is InChI=1S/C15H24N2O.C9H8F3NO2/c1-4-10-15(16,11-5-2)14(18)17-13-8-6-12(3)7-9-13;1-6(14)13-7-2-4-8(5-3-7)15-9(10,11)12/h6-9H,4-5,10-11,16H2,1-3H3,(H,17,18);2-5H,1H3,(H,13,14). The van der Waals surface area contributed by atoms with Gasteiger partial charge in [-0.25, -0.2) is 0 Å². The highest BCUT2D eigenvalue weighted by atomic mass is 19.4. The summed E-state index contributed by atoms with van der Waals surface area (Å²) in [7, 11) is 0. The maximum absolute atomic E-state index is 12.3. The van der Waals surface area contributed by atoms with Crippen LogP contribution in [-0.2, 0) is 9.59 Å². The molecule has 9 heteroatoms. The molecule has 6 nitrogen and oxygen atoms in total. The van der Waals surface area contributed by atoms with Crippen molar-refractivity contribution >= 4 is 23.2 Å². The fraction of sp³-hybridized carbons (Fsp3) is 0.417. The van der Waals surface area contributed by atoms with Crippen LogP contribution in [0.25, 0.3) is 0 Å². The molecule has 0 heterocycles. The second kappa shape index (κ2) is 12.8. The third-order valence-corrected chi connectivity index (χ3v) is 4.56. The summed E-state index contributed by atoms with van der Waals surface area (Å²) in [6.07, 6.45) is -1.43. The molecular weight excluding hydrogens is 435 g/mol. The van der Waals surface area contributed by atoms with Gasteiger partial charge in [0.2, 0.25) is 11.8 Å². The van der Waals surface area contributed by atoms with Crippen molar-refractivity contribution in [2.75, 3.05) is 10.6 Å². The molecule has 2 aromatic carbocycles. The van der Waals surface area contributed by atoms with E-state index < -0.39 is 11.9 Å². The molecule has 0 saturated heterocycles. The van der Waals surface area contributed by atoms with Crippen LogP contribution < -0.4 is 21.1 Å². The van der Waals surface area contributed by atoms with Crippen molar-refractivity contribution in [3.8, 4) is 5.75 Å². The minimum absolute atomic E-state index is 0.0740. The van der Waals surface area contributed by atoms with Gasteiger partial charge in [0.1, 0.15) is 5.75 Å². The molecule has 0 bridgehead atoms. The van der Waals surface area contributed by atoms with Gasteiger partial charge in [-0.3, -0.25) is 9.59 Å². The van der Waals surface area contributed by atoms with E-state index in [2.05, 4.69) is 29.2 Å². The Hall–Kier alpha value is -3.07. The fourth-order valence-electron chi connectivity index (χ4n) is 3.08. The highest BCUT2D eigenvalue weighted by Crippen LogP contribution is 2.24. The van der Waals surface area contributed by atoms with E-state index in [4.69, 9.17) is 5.73 Å². The number of aryl methyl sites for hydroxylation is 1. The van der Waals surface area contributed by atoms with Crippen molar-refractivity contribution in [1.82, 2.24) is 0 Å². The molecule has 0 radical (unpaired) electrons. The number of carbonyl (C=O) groups is 2. The summed E-state index contributed by atoms with van der Waals surface area (Å²) >= 11 is 0. The summed E-state index contributed by atoms with van der Waals surface area (Å²) in [4.78, 5) is 22.9. The Morgan fingerprint density at radius 2 is 1.33 bits per heavy atom. The molecule has 2 rings (SSSR count). The molecule has 0 aromatic heterocycles. The van der Waals surface area contributed by atoms with Gasteiger partial charge in [0.05, 0.1) is 5.54 Å². The first-order valence-corrected chi connectivity index (χ1v) is 10.7. The Morgan fingerprint density at radius 1 is 0.879 bits per heavy atom. The van der Waals surface area contributed by atoms with Gasteiger partial charge < -0.3 is 21.1 Å². The average Bonchev–Trinajstić information content (AvgIpc) is 2.70. The molecule has 0 saturated carbocycles. The zero-order valence-corrected chi connectivity index (χ0v) is 19.4. The normalized spacial score (nSPS) is 11.2. The zero-order valence-electron chi connectivity index (χ0n) is 19.4. The summed E-state index contributed by atoms with van der Waals surface area (Å²) in [5, 5.41) is 5.33. The predicted octanol–water partition coefficient (Wildman–Crippen LogP) is 5.77. The van der Waals surface area contributed by atoms with Crippen molar-refractivity contribution in [2.24, 2.45) is 5.73 Å². The number of nitrogens with two attached hydrogens (primary N) is 1. The summed E-state index contributed by atoms with van der Waals surface area (Å²) in [5.74, 6) is -0.689. The molecule has 2 aromatic rings. The van der Waals surface area contributed by atoms with Crippen molar-refractivity contribution in [1.29, 1.82) is 0 Å². The topological polar surface area (TPSA) is 93.4 Å². The number of hydrogen-bond acceptors (Lipinski definition) is 4. The van der Waals surface area contributed by atoms with Gasteiger partial charge in [-0.15, -0.1) is 13.2 Å². The van der Waals surface area contributed by atoms with Gasteiger partial charge in [0.25, 0.3) is 0 Å². The van der Waals surface area contributed by atoms with Crippen LogP contribution in [0.3, 0.4) is 0 Å². The maximum Gasteiger partial charge on any atom is 0.573 e. The monoisotopic (exact) mass is 467 g/mol. The van der Waals surface area contributed by atoms with Crippen molar-refractivity contribution < 1.29 is 27.5 Å². The Morgan fingerprint density at radius 3 is 1.76 bits per heavy atom. The number of nitrogens with one attached hydrogen (secondary N) is 2. The highest BCUT2D eigenvalue weighted by molar-refractivity contribution is 5.97. The summed E-state index contributed by atoms with van der Waals surface area (Å²) in [6, 6.07) is 12.7. The fourth-order valence-corrected chi connectivity index (χ4v) is 3.08. The number of benzene rings is 2. The predicted molar refractivity (Wildman–Crippen MR) is 124 cm³/mol. The first-order chi connectivity index (χ1) is 15.4. The quantitative estimate of drug-likeness (QED) is 0.459. The van der Waals surface area contributed by atoms with Crippen LogP contribution in [0.1, 0.15) is 52.0 Å². The zero-order chi connectivity index (χ0) is 25.1. The van der Waals surface area contributed by atoms with E-state index in [1.165, 1.54) is 24.6 Å². The third kappa shape index (κ3) is 10.9. The Kier molecular flexibility index (Phi) is 10.9. The van der Waals surface area contributed by atoms with Crippen LogP contribution in [0.2, 0.25) is 0 Å². The van der Waals surface area contributed by atoms with Gasteiger partial charge in [-0.05, 0) is 56.2 Å². The van der Waals surface area contributed by atoms with Gasteiger partial charge in [0.15, 0.2) is 0 Å². The molecule has 0 spiro atoms. The van der Waals surface area contributed by atoms with E-state index in [0.29, 0.717) is 5.69 Å². The first kappa shape index (κ1) is 28.0. The van der Waals surface area contributed by atoms with Crippen LogP contribution in [0, 0.1) is 6.92 Å². The van der Waals surface area contributed by atoms with E-state index in [1.54, 1.807) is 0 Å². The molecular formula is C24H32F3N3O3. The van der Waals surface area contributed by atoms with Crippen LogP contribution in [0.15, 0.2) is 48.5 Å². The molecule has 0 atom stereocenters. The molecule has 33 heavy (non-hydrogen) atoms. The van der Waals surface area contributed by atoms with Gasteiger partial charge in [-0.2, -0.15) is 0 Å². The number of rotatable bonds is 8. The van der Waals surface area contributed by atoms with E-state index in [0.717, 1.165) is 43.5 Å². The van der Waals surface area contributed by atoms with Crippen LogP contribution >= 0.6 is 0 Å². The number of alkyl halides is 3. The highest BCUT2D eigenvalue weighted by Gasteiger charge is 2.32. The van der Waals surface area contributed by atoms with Gasteiger partial charge in [0, 0.05) is 18.3 Å². The van der Waals surface area contributed by atoms with E-state index in [1.807, 2.05) is 31.2 Å². The minimum Gasteiger partial charge on any atom is -0.406 e.